The summed E-state index contributed by atoms with van der Waals surface area (Å²) >= 11 is 3.26. The molecule has 5 nitrogen and oxygen atoms in total. The molecular weight excluding hydrogens is 286 g/mol. The van der Waals surface area contributed by atoms with Crippen LogP contribution in [0.4, 0.5) is 11.5 Å². The molecule has 17 heavy (non-hydrogen) atoms. The lowest BCUT2D eigenvalue weighted by Crippen LogP contribution is -2.14. The van der Waals surface area contributed by atoms with E-state index in [1.54, 1.807) is 31.2 Å². The zero-order chi connectivity index (χ0) is 12.4. The van der Waals surface area contributed by atoms with Crippen molar-refractivity contribution in [3.05, 3.63) is 40.1 Å². The third-order valence-corrected chi connectivity index (χ3v) is 2.86. The number of carbonyl (C=O) groups excluding carboxylic acids is 1. The molecule has 0 atom stereocenters. The zero-order valence-electron chi connectivity index (χ0n) is 9.03. The summed E-state index contributed by atoms with van der Waals surface area (Å²) in [5, 5.41) is 6.28. The normalized spacial score (nSPS) is 10.2. The minimum absolute atomic E-state index is 0.322. The van der Waals surface area contributed by atoms with E-state index < -0.39 is 0 Å². The van der Waals surface area contributed by atoms with Gasteiger partial charge >= 0.3 is 0 Å². The summed E-state index contributed by atoms with van der Waals surface area (Å²) in [6.45, 7) is 1.75. The molecule has 1 heterocycles. The predicted molar refractivity (Wildman–Crippen MR) is 67.7 cm³/mol. The second-order valence-electron chi connectivity index (χ2n) is 3.48. The van der Waals surface area contributed by atoms with Gasteiger partial charge in [-0.15, -0.1) is 0 Å². The van der Waals surface area contributed by atoms with Crippen LogP contribution in [0, 0.1) is 6.92 Å². The van der Waals surface area contributed by atoms with Crippen molar-refractivity contribution in [2.75, 3.05) is 11.1 Å². The van der Waals surface area contributed by atoms with Crippen LogP contribution in [0.15, 0.2) is 33.3 Å². The van der Waals surface area contributed by atoms with Gasteiger partial charge in [0.15, 0.2) is 5.82 Å². The van der Waals surface area contributed by atoms with E-state index in [0.717, 1.165) is 0 Å². The standard InChI is InChI=1S/C11H10BrN3O2/c1-6-5-9(15-17-6)14-11(16)7-3-2-4-8(12)10(7)13/h2-5H,13H2,1H3,(H,14,15,16). The highest BCUT2D eigenvalue weighted by molar-refractivity contribution is 9.10. The number of hydrogen-bond donors (Lipinski definition) is 2. The number of nitrogens with two attached hydrogens (primary N) is 1. The number of nitrogens with zero attached hydrogens (tertiary/aromatic N) is 1. The number of carbonyl (C=O) groups is 1. The van der Waals surface area contributed by atoms with Gasteiger partial charge in [0.2, 0.25) is 0 Å². The van der Waals surface area contributed by atoms with E-state index in [9.17, 15) is 4.79 Å². The number of hydrogen-bond acceptors (Lipinski definition) is 4. The summed E-state index contributed by atoms with van der Waals surface area (Å²) in [4.78, 5) is 11.9. The second kappa shape index (κ2) is 4.58. The molecule has 0 aliphatic rings. The molecule has 0 radical (unpaired) electrons. The van der Waals surface area contributed by atoms with E-state index in [4.69, 9.17) is 10.3 Å². The summed E-state index contributed by atoms with van der Waals surface area (Å²) in [5.41, 5.74) is 6.57. The van der Waals surface area contributed by atoms with E-state index in [1.807, 2.05) is 0 Å². The average Bonchev–Trinajstić information content (AvgIpc) is 2.68. The van der Waals surface area contributed by atoms with E-state index in [2.05, 4.69) is 26.4 Å². The molecule has 0 aliphatic carbocycles. The highest BCUT2D eigenvalue weighted by atomic mass is 79.9. The van der Waals surface area contributed by atoms with Crippen molar-refractivity contribution in [1.29, 1.82) is 0 Å². The van der Waals surface area contributed by atoms with Gasteiger partial charge in [-0.1, -0.05) is 11.2 Å². The first kappa shape index (κ1) is 11.7. The summed E-state index contributed by atoms with van der Waals surface area (Å²) in [5.74, 6) is 0.673. The monoisotopic (exact) mass is 295 g/mol. The zero-order valence-corrected chi connectivity index (χ0v) is 10.6. The van der Waals surface area contributed by atoms with Gasteiger partial charge in [0.05, 0.1) is 11.3 Å². The molecule has 88 valence electrons. The third kappa shape index (κ3) is 2.47. The number of anilines is 2. The highest BCUT2D eigenvalue weighted by Gasteiger charge is 2.13. The summed E-state index contributed by atoms with van der Waals surface area (Å²) in [6.07, 6.45) is 0. The van der Waals surface area contributed by atoms with Crippen LogP contribution in [0.1, 0.15) is 16.1 Å². The van der Waals surface area contributed by atoms with Gasteiger partial charge in [-0.05, 0) is 35.0 Å². The summed E-state index contributed by atoms with van der Waals surface area (Å²) in [6, 6.07) is 6.78. The van der Waals surface area contributed by atoms with Crippen LogP contribution in [-0.2, 0) is 0 Å². The number of nitrogens with one attached hydrogen (secondary N) is 1. The Balaban J connectivity index is 2.23. The van der Waals surface area contributed by atoms with Crippen molar-refractivity contribution >= 4 is 33.3 Å². The van der Waals surface area contributed by atoms with Crippen molar-refractivity contribution in [2.24, 2.45) is 0 Å². The average molecular weight is 296 g/mol. The van der Waals surface area contributed by atoms with Gasteiger partial charge in [0, 0.05) is 10.5 Å². The largest absolute Gasteiger partial charge is 0.397 e. The Morgan fingerprint density at radius 1 is 1.53 bits per heavy atom. The molecule has 0 saturated carbocycles. The molecule has 2 aromatic rings. The molecule has 0 fully saturated rings. The Morgan fingerprint density at radius 2 is 2.29 bits per heavy atom. The molecule has 2 rings (SSSR count). The van der Waals surface area contributed by atoms with Gasteiger partial charge in [-0.25, -0.2) is 0 Å². The fourth-order valence-electron chi connectivity index (χ4n) is 1.34. The van der Waals surface area contributed by atoms with Crippen LogP contribution in [0.5, 0.6) is 0 Å². The Labute approximate surface area is 106 Å². The maximum atomic E-state index is 11.9. The number of rotatable bonds is 2. The molecule has 0 unspecified atom stereocenters. The van der Waals surface area contributed by atoms with Crippen molar-refractivity contribution < 1.29 is 9.32 Å². The predicted octanol–water partition coefficient (Wildman–Crippen LogP) is 2.58. The van der Waals surface area contributed by atoms with Crippen LogP contribution < -0.4 is 11.1 Å². The van der Waals surface area contributed by atoms with E-state index >= 15 is 0 Å². The Hall–Kier alpha value is -1.82. The van der Waals surface area contributed by atoms with Crippen LogP contribution in [0.25, 0.3) is 0 Å². The maximum Gasteiger partial charge on any atom is 0.259 e. The van der Waals surface area contributed by atoms with Gasteiger partial charge in [0.25, 0.3) is 5.91 Å². The number of halogens is 1. The molecule has 0 aliphatic heterocycles. The lowest BCUT2D eigenvalue weighted by molar-refractivity contribution is 0.102. The summed E-state index contributed by atoms with van der Waals surface area (Å²) < 4.78 is 5.53. The van der Waals surface area contributed by atoms with Crippen molar-refractivity contribution in [2.45, 2.75) is 6.92 Å². The van der Waals surface area contributed by atoms with E-state index in [-0.39, 0.29) is 5.91 Å². The van der Waals surface area contributed by atoms with Crippen LogP contribution in [0.3, 0.4) is 0 Å². The topological polar surface area (TPSA) is 81.2 Å². The quantitative estimate of drug-likeness (QED) is 0.835. The van der Waals surface area contributed by atoms with Crippen molar-refractivity contribution in [3.63, 3.8) is 0 Å². The molecule has 0 spiro atoms. The summed E-state index contributed by atoms with van der Waals surface area (Å²) in [7, 11) is 0. The number of aromatic nitrogens is 1. The SMILES string of the molecule is Cc1cc(NC(=O)c2cccc(Br)c2N)no1. The molecule has 6 heteroatoms. The van der Waals surface area contributed by atoms with Crippen LogP contribution >= 0.6 is 15.9 Å². The molecular formula is C11H10BrN3O2. The van der Waals surface area contributed by atoms with E-state index in [1.165, 1.54) is 0 Å². The molecule has 0 bridgehead atoms. The number of nitrogen functional groups attached to an aromatic ring is 1. The van der Waals surface area contributed by atoms with Gasteiger partial charge in [0.1, 0.15) is 5.76 Å². The highest BCUT2D eigenvalue weighted by Crippen LogP contribution is 2.23. The second-order valence-corrected chi connectivity index (χ2v) is 4.33. The Bertz CT molecular complexity index is 566. The van der Waals surface area contributed by atoms with Crippen LogP contribution in [-0.4, -0.2) is 11.1 Å². The minimum Gasteiger partial charge on any atom is -0.397 e. The lowest BCUT2D eigenvalue weighted by atomic mass is 10.1. The number of amides is 1. The Morgan fingerprint density at radius 3 is 2.94 bits per heavy atom. The molecule has 1 aromatic carbocycles. The third-order valence-electron chi connectivity index (χ3n) is 2.17. The molecule has 1 aromatic heterocycles. The first-order valence-electron chi connectivity index (χ1n) is 4.86. The van der Waals surface area contributed by atoms with Crippen LogP contribution in [0.2, 0.25) is 0 Å². The molecule has 3 N–H and O–H groups in total. The minimum atomic E-state index is -0.322. The van der Waals surface area contributed by atoms with Crippen molar-refractivity contribution in [1.82, 2.24) is 5.16 Å². The number of benzene rings is 1. The van der Waals surface area contributed by atoms with Gasteiger partial charge in [-0.3, -0.25) is 4.79 Å². The van der Waals surface area contributed by atoms with Gasteiger partial charge < -0.3 is 15.6 Å². The lowest BCUT2D eigenvalue weighted by Gasteiger charge is -2.06. The van der Waals surface area contributed by atoms with Gasteiger partial charge in [-0.2, -0.15) is 0 Å². The first-order chi connectivity index (χ1) is 8.08. The fraction of sp³-hybridized carbons (Fsp3) is 0.0909. The Kier molecular flexibility index (Phi) is 3.14. The maximum absolute atomic E-state index is 11.9. The fourth-order valence-corrected chi connectivity index (χ4v) is 1.71. The molecule has 1 amide bonds. The smallest absolute Gasteiger partial charge is 0.259 e. The number of aryl methyl sites for hydroxylation is 1. The van der Waals surface area contributed by atoms with Crippen molar-refractivity contribution in [3.8, 4) is 0 Å². The van der Waals surface area contributed by atoms with E-state index in [0.29, 0.717) is 27.3 Å². The molecule has 0 saturated heterocycles. The first-order valence-corrected chi connectivity index (χ1v) is 5.66. The number of para-hydroxylation sites is 1.